The average Bonchev–Trinajstić information content (AvgIpc) is 1.81. The Morgan fingerprint density at radius 1 is 1.30 bits per heavy atom. The van der Waals surface area contributed by atoms with Crippen LogP contribution >= 0.6 is 0 Å². The highest BCUT2D eigenvalue weighted by Crippen LogP contribution is 1.97. The standard InChI is InChI=1S/C7H18N2O/c1-7(2)9(5-6-10)8(3)4/h7,10H,5-6H2,1-4H3. The predicted octanol–water partition coefficient (Wildman–Crippen LogP) is 0.166. The van der Waals surface area contributed by atoms with Crippen LogP contribution < -0.4 is 0 Å². The Hall–Kier alpha value is -0.120. The van der Waals surface area contributed by atoms with Crippen molar-refractivity contribution in [1.29, 1.82) is 0 Å². The maximum Gasteiger partial charge on any atom is 0.0572 e. The molecular formula is C7H18N2O. The van der Waals surface area contributed by atoms with Gasteiger partial charge in [-0.3, -0.25) is 0 Å². The van der Waals surface area contributed by atoms with E-state index in [0.717, 1.165) is 0 Å². The van der Waals surface area contributed by atoms with Crippen LogP contribution in [0.1, 0.15) is 13.8 Å². The van der Waals surface area contributed by atoms with Gasteiger partial charge >= 0.3 is 0 Å². The Morgan fingerprint density at radius 2 is 1.80 bits per heavy atom. The molecule has 0 fully saturated rings. The second kappa shape index (κ2) is 4.66. The van der Waals surface area contributed by atoms with Gasteiger partial charge in [-0.1, -0.05) is 0 Å². The van der Waals surface area contributed by atoms with E-state index in [9.17, 15) is 0 Å². The summed E-state index contributed by atoms with van der Waals surface area (Å²) >= 11 is 0. The monoisotopic (exact) mass is 146 g/mol. The van der Waals surface area contributed by atoms with Crippen LogP contribution in [-0.2, 0) is 0 Å². The second-order valence-corrected chi connectivity index (χ2v) is 2.83. The third kappa shape index (κ3) is 3.15. The summed E-state index contributed by atoms with van der Waals surface area (Å²) < 4.78 is 0. The average molecular weight is 146 g/mol. The van der Waals surface area contributed by atoms with E-state index in [0.29, 0.717) is 12.6 Å². The molecule has 62 valence electrons. The number of aliphatic hydroxyl groups excluding tert-OH is 1. The van der Waals surface area contributed by atoms with Gasteiger partial charge in [0.2, 0.25) is 0 Å². The maximum atomic E-state index is 8.67. The first-order valence-corrected chi connectivity index (χ1v) is 3.64. The zero-order valence-corrected chi connectivity index (χ0v) is 7.33. The summed E-state index contributed by atoms with van der Waals surface area (Å²) in [4.78, 5) is 0. The predicted molar refractivity (Wildman–Crippen MR) is 42.6 cm³/mol. The van der Waals surface area contributed by atoms with Crippen LogP contribution in [0.5, 0.6) is 0 Å². The molecule has 0 saturated heterocycles. The quantitative estimate of drug-likeness (QED) is 0.573. The Labute approximate surface area is 63.2 Å². The van der Waals surface area contributed by atoms with Crippen molar-refractivity contribution in [2.45, 2.75) is 19.9 Å². The van der Waals surface area contributed by atoms with Gasteiger partial charge in [0.15, 0.2) is 0 Å². The van der Waals surface area contributed by atoms with E-state index >= 15 is 0 Å². The lowest BCUT2D eigenvalue weighted by molar-refractivity contribution is -0.0179. The fourth-order valence-corrected chi connectivity index (χ4v) is 1.02. The van der Waals surface area contributed by atoms with Crippen LogP contribution in [0.3, 0.4) is 0 Å². The summed E-state index contributed by atoms with van der Waals surface area (Å²) in [5, 5.41) is 12.8. The van der Waals surface area contributed by atoms with Gasteiger partial charge in [0, 0.05) is 26.7 Å². The number of nitrogens with zero attached hydrogens (tertiary/aromatic N) is 2. The van der Waals surface area contributed by atoms with E-state index in [1.54, 1.807) is 0 Å². The largest absolute Gasteiger partial charge is 0.395 e. The van der Waals surface area contributed by atoms with Crippen LogP contribution in [0.4, 0.5) is 0 Å². The van der Waals surface area contributed by atoms with Gasteiger partial charge in [0.1, 0.15) is 0 Å². The molecule has 0 aromatic rings. The normalized spacial score (nSPS) is 12.0. The van der Waals surface area contributed by atoms with Crippen molar-refractivity contribution >= 4 is 0 Å². The van der Waals surface area contributed by atoms with E-state index in [4.69, 9.17) is 5.11 Å². The van der Waals surface area contributed by atoms with Crippen molar-refractivity contribution < 1.29 is 5.11 Å². The van der Waals surface area contributed by atoms with Gasteiger partial charge in [-0.25, -0.2) is 10.0 Å². The van der Waals surface area contributed by atoms with Crippen molar-refractivity contribution in [2.24, 2.45) is 0 Å². The third-order valence-corrected chi connectivity index (χ3v) is 1.44. The summed E-state index contributed by atoms with van der Waals surface area (Å²) in [5.74, 6) is 0. The van der Waals surface area contributed by atoms with Crippen LogP contribution in [0.15, 0.2) is 0 Å². The zero-order valence-electron chi connectivity index (χ0n) is 7.33. The molecule has 0 aromatic heterocycles. The summed E-state index contributed by atoms with van der Waals surface area (Å²) in [6, 6.07) is 0.460. The molecule has 0 aliphatic carbocycles. The fraction of sp³-hybridized carbons (Fsp3) is 1.00. The number of hydrogen-bond donors (Lipinski definition) is 1. The lowest BCUT2D eigenvalue weighted by Crippen LogP contribution is -2.43. The Bertz CT molecular complexity index is 75.7. The molecule has 10 heavy (non-hydrogen) atoms. The molecule has 0 heterocycles. The topological polar surface area (TPSA) is 26.7 Å². The molecule has 0 aromatic carbocycles. The Balaban J connectivity index is 3.73. The van der Waals surface area contributed by atoms with Gasteiger partial charge in [-0.05, 0) is 13.8 Å². The van der Waals surface area contributed by atoms with Crippen molar-refractivity contribution in [1.82, 2.24) is 10.0 Å². The summed E-state index contributed by atoms with van der Waals surface area (Å²) in [5.41, 5.74) is 0. The van der Waals surface area contributed by atoms with Crippen LogP contribution in [0, 0.1) is 0 Å². The summed E-state index contributed by atoms with van der Waals surface area (Å²) in [6.07, 6.45) is 0. The van der Waals surface area contributed by atoms with E-state index in [-0.39, 0.29) is 6.61 Å². The third-order valence-electron chi connectivity index (χ3n) is 1.44. The molecule has 0 unspecified atom stereocenters. The van der Waals surface area contributed by atoms with Gasteiger partial charge in [0.05, 0.1) is 6.61 Å². The highest BCUT2D eigenvalue weighted by Gasteiger charge is 2.09. The molecule has 0 atom stereocenters. The van der Waals surface area contributed by atoms with Crippen molar-refractivity contribution in [3.05, 3.63) is 0 Å². The molecule has 3 heteroatoms. The highest BCUT2D eigenvalue weighted by molar-refractivity contribution is 4.55. The molecule has 0 saturated carbocycles. The minimum Gasteiger partial charge on any atom is -0.395 e. The lowest BCUT2D eigenvalue weighted by Gasteiger charge is -2.31. The number of hydrogen-bond acceptors (Lipinski definition) is 3. The smallest absolute Gasteiger partial charge is 0.0572 e. The molecule has 0 rings (SSSR count). The van der Waals surface area contributed by atoms with Crippen LogP contribution in [0.2, 0.25) is 0 Å². The molecule has 3 nitrogen and oxygen atoms in total. The first-order chi connectivity index (χ1) is 4.59. The Kier molecular flexibility index (Phi) is 4.60. The highest BCUT2D eigenvalue weighted by atomic mass is 16.3. The first kappa shape index (κ1) is 9.88. The Morgan fingerprint density at radius 3 is 1.90 bits per heavy atom. The summed E-state index contributed by atoms with van der Waals surface area (Å²) in [7, 11) is 3.96. The van der Waals surface area contributed by atoms with E-state index in [1.165, 1.54) is 0 Å². The van der Waals surface area contributed by atoms with E-state index in [2.05, 4.69) is 18.9 Å². The molecule has 1 N–H and O–H groups in total. The second-order valence-electron chi connectivity index (χ2n) is 2.83. The van der Waals surface area contributed by atoms with E-state index in [1.807, 2.05) is 19.1 Å². The molecule has 0 radical (unpaired) electrons. The maximum absolute atomic E-state index is 8.67. The fourth-order valence-electron chi connectivity index (χ4n) is 1.02. The van der Waals surface area contributed by atoms with Gasteiger partial charge in [-0.15, -0.1) is 0 Å². The number of hydrazine groups is 1. The first-order valence-electron chi connectivity index (χ1n) is 3.64. The molecule has 0 aliphatic rings. The SMILES string of the molecule is CC(C)N(CCO)N(C)C. The molecule has 0 amide bonds. The van der Waals surface area contributed by atoms with Crippen molar-refractivity contribution in [3.63, 3.8) is 0 Å². The summed E-state index contributed by atoms with van der Waals surface area (Å²) in [6.45, 7) is 5.15. The van der Waals surface area contributed by atoms with E-state index < -0.39 is 0 Å². The van der Waals surface area contributed by atoms with Crippen LogP contribution in [-0.4, -0.2) is 48.4 Å². The molecule has 0 aliphatic heterocycles. The zero-order chi connectivity index (χ0) is 8.15. The number of aliphatic hydroxyl groups is 1. The van der Waals surface area contributed by atoms with Gasteiger partial charge in [0.25, 0.3) is 0 Å². The lowest BCUT2D eigenvalue weighted by atomic mass is 10.4. The van der Waals surface area contributed by atoms with Crippen molar-refractivity contribution in [3.8, 4) is 0 Å². The van der Waals surface area contributed by atoms with Gasteiger partial charge in [-0.2, -0.15) is 0 Å². The minimum absolute atomic E-state index is 0.219. The molecule has 0 bridgehead atoms. The number of rotatable bonds is 4. The van der Waals surface area contributed by atoms with Crippen LogP contribution in [0.25, 0.3) is 0 Å². The minimum atomic E-state index is 0.219. The molecule has 0 spiro atoms. The molecular weight excluding hydrogens is 128 g/mol. The van der Waals surface area contributed by atoms with Gasteiger partial charge < -0.3 is 5.11 Å². The van der Waals surface area contributed by atoms with Crippen molar-refractivity contribution in [2.75, 3.05) is 27.2 Å².